The van der Waals surface area contributed by atoms with Gasteiger partial charge in [0.05, 0.1) is 0 Å². The predicted molar refractivity (Wildman–Crippen MR) is 89.2 cm³/mol. The van der Waals surface area contributed by atoms with E-state index in [1.165, 1.54) is 24.8 Å². The molecule has 116 valence electrons. The summed E-state index contributed by atoms with van der Waals surface area (Å²) in [7, 11) is 0. The molecule has 21 heavy (non-hydrogen) atoms. The van der Waals surface area contributed by atoms with E-state index in [1.54, 1.807) is 0 Å². The molecule has 4 heteroatoms. The summed E-state index contributed by atoms with van der Waals surface area (Å²) in [6, 6.07) is 5.68. The highest BCUT2D eigenvalue weighted by Gasteiger charge is 2.21. The van der Waals surface area contributed by atoms with Gasteiger partial charge >= 0.3 is 0 Å². The highest BCUT2D eigenvalue weighted by Crippen LogP contribution is 2.25. The van der Waals surface area contributed by atoms with E-state index in [1.807, 2.05) is 0 Å². The minimum Gasteiger partial charge on any atom is -0.367 e. The number of hydrogen-bond donors (Lipinski definition) is 1. The summed E-state index contributed by atoms with van der Waals surface area (Å²) in [5.41, 5.74) is 1.30. The zero-order valence-corrected chi connectivity index (χ0v) is 13.6. The third kappa shape index (κ3) is 3.49. The molecule has 0 aromatic carbocycles. The van der Waals surface area contributed by atoms with Crippen LogP contribution < -0.4 is 10.2 Å². The second-order valence-electron chi connectivity index (χ2n) is 6.78. The molecule has 3 rings (SSSR count). The average molecular weight is 288 g/mol. The lowest BCUT2D eigenvalue weighted by molar-refractivity contribution is 0.209. The van der Waals surface area contributed by atoms with Crippen molar-refractivity contribution in [2.75, 3.05) is 36.4 Å². The van der Waals surface area contributed by atoms with Gasteiger partial charge in [-0.15, -0.1) is 0 Å². The second kappa shape index (κ2) is 6.22. The van der Waals surface area contributed by atoms with Gasteiger partial charge in [-0.2, -0.15) is 0 Å². The molecule has 1 aliphatic heterocycles. The molecule has 2 aliphatic rings. The van der Waals surface area contributed by atoms with Gasteiger partial charge in [0.1, 0.15) is 11.6 Å². The quantitative estimate of drug-likeness (QED) is 0.923. The lowest BCUT2D eigenvalue weighted by atomic mass is 9.93. The molecule has 1 N–H and O–H groups in total. The number of aryl methyl sites for hydroxylation is 1. The number of pyridine rings is 1. The van der Waals surface area contributed by atoms with Crippen molar-refractivity contribution in [3.05, 3.63) is 17.7 Å². The van der Waals surface area contributed by atoms with Crippen molar-refractivity contribution in [3.8, 4) is 0 Å². The van der Waals surface area contributed by atoms with Crippen molar-refractivity contribution in [2.45, 2.75) is 52.1 Å². The molecule has 0 spiro atoms. The molecule has 2 heterocycles. The fraction of sp³-hybridized carbons (Fsp3) is 0.706. The minimum atomic E-state index is 0.643. The van der Waals surface area contributed by atoms with Gasteiger partial charge in [0.25, 0.3) is 0 Å². The van der Waals surface area contributed by atoms with E-state index in [0.717, 1.165) is 37.8 Å². The Bertz CT molecular complexity index is 474. The summed E-state index contributed by atoms with van der Waals surface area (Å²) >= 11 is 0. The molecule has 0 atom stereocenters. The highest BCUT2D eigenvalue weighted by atomic mass is 15.3. The van der Waals surface area contributed by atoms with Crippen LogP contribution in [0.1, 0.15) is 38.7 Å². The molecule has 0 amide bonds. The van der Waals surface area contributed by atoms with Gasteiger partial charge in [0.2, 0.25) is 0 Å². The van der Waals surface area contributed by atoms with Crippen LogP contribution in [0.15, 0.2) is 12.1 Å². The Balaban J connectivity index is 1.67. The average Bonchev–Trinajstić information content (AvgIpc) is 2.42. The Hall–Kier alpha value is -1.29. The SMILES string of the molecule is Cc1cc(NC2CCC2)nc(N2CCN(C(C)C)CC2)c1. The van der Waals surface area contributed by atoms with Gasteiger partial charge in [0.15, 0.2) is 0 Å². The Morgan fingerprint density at radius 1 is 1.14 bits per heavy atom. The molecule has 1 saturated heterocycles. The number of nitrogens with zero attached hydrogens (tertiary/aromatic N) is 3. The molecule has 0 unspecified atom stereocenters. The first-order valence-electron chi connectivity index (χ1n) is 8.36. The molecule has 0 bridgehead atoms. The third-order valence-corrected chi connectivity index (χ3v) is 4.78. The van der Waals surface area contributed by atoms with Crippen LogP contribution in [0.2, 0.25) is 0 Å². The Morgan fingerprint density at radius 2 is 1.86 bits per heavy atom. The maximum absolute atomic E-state index is 4.85. The zero-order valence-electron chi connectivity index (χ0n) is 13.6. The Labute approximate surface area is 128 Å². The van der Waals surface area contributed by atoms with E-state index in [4.69, 9.17) is 4.98 Å². The smallest absolute Gasteiger partial charge is 0.131 e. The Kier molecular flexibility index (Phi) is 4.34. The van der Waals surface area contributed by atoms with Crippen molar-refractivity contribution in [1.29, 1.82) is 0 Å². The van der Waals surface area contributed by atoms with Crippen LogP contribution in [0.4, 0.5) is 11.6 Å². The number of rotatable bonds is 4. The summed E-state index contributed by atoms with van der Waals surface area (Å²) in [4.78, 5) is 9.82. The lowest BCUT2D eigenvalue weighted by Crippen LogP contribution is -2.49. The lowest BCUT2D eigenvalue weighted by Gasteiger charge is -2.37. The fourth-order valence-electron chi connectivity index (χ4n) is 3.11. The van der Waals surface area contributed by atoms with Gasteiger partial charge in [-0.1, -0.05) is 0 Å². The first kappa shape index (κ1) is 14.6. The van der Waals surface area contributed by atoms with Crippen LogP contribution in [0.5, 0.6) is 0 Å². The summed E-state index contributed by atoms with van der Waals surface area (Å²) in [6.07, 6.45) is 3.93. The van der Waals surface area contributed by atoms with Crippen LogP contribution in [0.3, 0.4) is 0 Å². The normalized spacial score (nSPS) is 20.7. The largest absolute Gasteiger partial charge is 0.367 e. The van der Waals surface area contributed by atoms with E-state index < -0.39 is 0 Å². The van der Waals surface area contributed by atoms with Crippen LogP contribution >= 0.6 is 0 Å². The molecular weight excluding hydrogens is 260 g/mol. The number of piperazine rings is 1. The predicted octanol–water partition coefficient (Wildman–Crippen LogP) is 2.88. The topological polar surface area (TPSA) is 31.4 Å². The van der Waals surface area contributed by atoms with Gasteiger partial charge in [-0.05, 0) is 57.7 Å². The first-order valence-corrected chi connectivity index (χ1v) is 8.36. The number of aromatic nitrogens is 1. The van der Waals surface area contributed by atoms with Crippen molar-refractivity contribution in [3.63, 3.8) is 0 Å². The van der Waals surface area contributed by atoms with Gasteiger partial charge in [0, 0.05) is 38.3 Å². The molecule has 0 radical (unpaired) electrons. The van der Waals surface area contributed by atoms with Gasteiger partial charge in [-0.25, -0.2) is 4.98 Å². The first-order chi connectivity index (χ1) is 10.1. The van der Waals surface area contributed by atoms with E-state index in [2.05, 4.69) is 48.0 Å². The molecule has 1 aromatic heterocycles. The maximum atomic E-state index is 4.85. The fourth-order valence-corrected chi connectivity index (χ4v) is 3.11. The van der Waals surface area contributed by atoms with Crippen molar-refractivity contribution >= 4 is 11.6 Å². The van der Waals surface area contributed by atoms with Gasteiger partial charge in [-0.3, -0.25) is 4.90 Å². The van der Waals surface area contributed by atoms with E-state index in [9.17, 15) is 0 Å². The summed E-state index contributed by atoms with van der Waals surface area (Å²) in [5, 5.41) is 3.58. The third-order valence-electron chi connectivity index (χ3n) is 4.78. The van der Waals surface area contributed by atoms with Gasteiger partial charge < -0.3 is 10.2 Å². The molecule has 1 aromatic rings. The highest BCUT2D eigenvalue weighted by molar-refractivity contribution is 5.51. The summed E-state index contributed by atoms with van der Waals surface area (Å²) in [5.74, 6) is 2.20. The Morgan fingerprint density at radius 3 is 2.43 bits per heavy atom. The van der Waals surface area contributed by atoms with E-state index in [-0.39, 0.29) is 0 Å². The van der Waals surface area contributed by atoms with Crippen molar-refractivity contribution < 1.29 is 0 Å². The minimum absolute atomic E-state index is 0.643. The van der Waals surface area contributed by atoms with E-state index >= 15 is 0 Å². The summed E-state index contributed by atoms with van der Waals surface area (Å²) in [6.45, 7) is 11.2. The van der Waals surface area contributed by atoms with Crippen molar-refractivity contribution in [1.82, 2.24) is 9.88 Å². The number of nitrogens with one attached hydrogen (secondary N) is 1. The number of anilines is 2. The number of hydrogen-bond acceptors (Lipinski definition) is 4. The van der Waals surface area contributed by atoms with E-state index in [0.29, 0.717) is 12.1 Å². The van der Waals surface area contributed by atoms with Crippen LogP contribution in [-0.4, -0.2) is 48.1 Å². The standard InChI is InChI=1S/C17H28N4/c1-13(2)20-7-9-21(10-8-20)17-12-14(3)11-16(19-17)18-15-5-4-6-15/h11-13,15H,4-10H2,1-3H3,(H,18,19). The van der Waals surface area contributed by atoms with Crippen LogP contribution in [0.25, 0.3) is 0 Å². The van der Waals surface area contributed by atoms with Crippen LogP contribution in [-0.2, 0) is 0 Å². The molecular formula is C17H28N4. The second-order valence-corrected chi connectivity index (χ2v) is 6.78. The molecule has 1 aliphatic carbocycles. The monoisotopic (exact) mass is 288 g/mol. The molecule has 2 fully saturated rings. The zero-order chi connectivity index (χ0) is 14.8. The molecule has 1 saturated carbocycles. The van der Waals surface area contributed by atoms with Crippen LogP contribution in [0, 0.1) is 6.92 Å². The van der Waals surface area contributed by atoms with Crippen molar-refractivity contribution in [2.24, 2.45) is 0 Å². The molecule has 4 nitrogen and oxygen atoms in total. The maximum Gasteiger partial charge on any atom is 0.131 e. The summed E-state index contributed by atoms with van der Waals surface area (Å²) < 4.78 is 0.